The molecule has 0 aliphatic carbocycles. The number of furan rings is 1. The lowest BCUT2D eigenvalue weighted by Gasteiger charge is -2.03. The molecule has 24 heavy (non-hydrogen) atoms. The third kappa shape index (κ3) is 3.26. The van der Waals surface area contributed by atoms with Crippen LogP contribution in [0.15, 0.2) is 46.0 Å². The Balaban J connectivity index is 2.14. The summed E-state index contributed by atoms with van der Waals surface area (Å²) in [5.74, 6) is 0.527. The van der Waals surface area contributed by atoms with E-state index in [1.165, 1.54) is 29.7 Å². The number of benzene rings is 1. The van der Waals surface area contributed by atoms with Gasteiger partial charge < -0.3 is 8.98 Å². The number of carbonyl (C=O) groups is 1. The van der Waals surface area contributed by atoms with Gasteiger partial charge in [-0.1, -0.05) is 11.3 Å². The molecule has 0 spiro atoms. The number of non-ortho nitro benzene ring substituents is 1. The summed E-state index contributed by atoms with van der Waals surface area (Å²) in [6, 6.07) is 7.84. The molecule has 9 heteroatoms. The third-order valence-corrected chi connectivity index (χ3v) is 4.96. The van der Waals surface area contributed by atoms with Crippen molar-refractivity contribution in [1.29, 1.82) is 0 Å². The van der Waals surface area contributed by atoms with Crippen molar-refractivity contribution < 1.29 is 14.1 Å². The van der Waals surface area contributed by atoms with Crippen LogP contribution in [0.1, 0.15) is 10.6 Å². The van der Waals surface area contributed by atoms with Crippen molar-refractivity contribution in [3.8, 4) is 0 Å². The van der Waals surface area contributed by atoms with Crippen LogP contribution in [0, 0.1) is 10.1 Å². The molecule has 0 aliphatic rings. The maximum absolute atomic E-state index is 12.2. The first-order valence-electron chi connectivity index (χ1n) is 6.99. The van der Waals surface area contributed by atoms with E-state index >= 15 is 0 Å². The number of nitro groups is 1. The molecule has 0 atom stereocenters. The van der Waals surface area contributed by atoms with E-state index in [9.17, 15) is 14.9 Å². The van der Waals surface area contributed by atoms with Gasteiger partial charge in [0.1, 0.15) is 0 Å². The fourth-order valence-electron chi connectivity index (χ4n) is 2.20. The smallest absolute Gasteiger partial charge is 0.315 e. The van der Waals surface area contributed by atoms with Crippen molar-refractivity contribution in [2.24, 2.45) is 4.99 Å². The van der Waals surface area contributed by atoms with Gasteiger partial charge in [0, 0.05) is 24.4 Å². The molecule has 0 unspecified atom stereocenters. The zero-order chi connectivity index (χ0) is 17.1. The van der Waals surface area contributed by atoms with Crippen molar-refractivity contribution in [1.82, 2.24) is 4.57 Å². The van der Waals surface area contributed by atoms with Crippen LogP contribution in [0.4, 0.5) is 5.69 Å². The number of aromatic nitrogens is 1. The molecule has 7 nitrogen and oxygen atoms in total. The number of thioether (sulfide) groups is 1. The first-order valence-corrected chi connectivity index (χ1v) is 9.20. The Morgan fingerprint density at radius 3 is 2.96 bits per heavy atom. The third-order valence-electron chi connectivity index (χ3n) is 3.33. The minimum absolute atomic E-state index is 0.0182. The summed E-state index contributed by atoms with van der Waals surface area (Å²) in [5, 5.41) is 11.0. The molecule has 0 N–H and O–H groups in total. The first kappa shape index (κ1) is 16.5. The highest BCUT2D eigenvalue weighted by Crippen LogP contribution is 2.23. The predicted octanol–water partition coefficient (Wildman–Crippen LogP) is 3.31. The molecule has 0 saturated heterocycles. The number of nitro benzene ring substituents is 1. The molecule has 1 aromatic carbocycles. The summed E-state index contributed by atoms with van der Waals surface area (Å²) in [5.41, 5.74) is 0.843. The number of rotatable bonds is 5. The Hall–Kier alpha value is -2.39. The van der Waals surface area contributed by atoms with Gasteiger partial charge in [0.05, 0.1) is 21.4 Å². The van der Waals surface area contributed by atoms with Crippen molar-refractivity contribution in [2.75, 3.05) is 12.0 Å². The Morgan fingerprint density at radius 2 is 2.29 bits per heavy atom. The Bertz CT molecular complexity index is 957. The highest BCUT2D eigenvalue weighted by atomic mass is 32.2. The van der Waals surface area contributed by atoms with Crippen LogP contribution in [-0.2, 0) is 6.54 Å². The molecule has 0 aliphatic heterocycles. The second kappa shape index (κ2) is 7.02. The summed E-state index contributed by atoms with van der Waals surface area (Å²) in [7, 11) is 0. The molecule has 0 bridgehead atoms. The summed E-state index contributed by atoms with van der Waals surface area (Å²) < 4.78 is 7.69. The van der Waals surface area contributed by atoms with Crippen molar-refractivity contribution in [3.63, 3.8) is 0 Å². The van der Waals surface area contributed by atoms with Crippen LogP contribution < -0.4 is 4.80 Å². The van der Waals surface area contributed by atoms with E-state index in [2.05, 4.69) is 4.99 Å². The minimum Gasteiger partial charge on any atom is -0.459 e. The SMILES string of the molecule is CSCCn1c(=NC(=O)c2ccco2)sc2cc([N+](=O)[O-])ccc21. The van der Waals surface area contributed by atoms with Gasteiger partial charge in [-0.05, 0) is 24.5 Å². The van der Waals surface area contributed by atoms with E-state index in [0.29, 0.717) is 11.3 Å². The summed E-state index contributed by atoms with van der Waals surface area (Å²) >= 11 is 2.92. The van der Waals surface area contributed by atoms with E-state index in [4.69, 9.17) is 4.42 Å². The van der Waals surface area contributed by atoms with Gasteiger partial charge in [-0.2, -0.15) is 16.8 Å². The fraction of sp³-hybridized carbons (Fsp3) is 0.200. The Morgan fingerprint density at radius 1 is 1.46 bits per heavy atom. The van der Waals surface area contributed by atoms with E-state index in [1.807, 2.05) is 10.8 Å². The first-order chi connectivity index (χ1) is 11.6. The van der Waals surface area contributed by atoms with Gasteiger partial charge in [-0.15, -0.1) is 0 Å². The average Bonchev–Trinajstić information content (AvgIpc) is 3.20. The number of fused-ring (bicyclic) bond motifs is 1. The Labute approximate surface area is 144 Å². The van der Waals surface area contributed by atoms with E-state index in [1.54, 1.807) is 30.0 Å². The van der Waals surface area contributed by atoms with Crippen molar-refractivity contribution >= 4 is 44.9 Å². The summed E-state index contributed by atoms with van der Waals surface area (Å²) in [6.45, 7) is 0.656. The zero-order valence-corrected chi connectivity index (χ0v) is 14.3. The highest BCUT2D eigenvalue weighted by Gasteiger charge is 2.13. The zero-order valence-electron chi connectivity index (χ0n) is 12.7. The van der Waals surface area contributed by atoms with Gasteiger partial charge in [0.25, 0.3) is 5.69 Å². The second-order valence-electron chi connectivity index (χ2n) is 4.83. The van der Waals surface area contributed by atoms with Gasteiger partial charge in [-0.3, -0.25) is 14.9 Å². The van der Waals surface area contributed by atoms with Crippen LogP contribution in [-0.4, -0.2) is 27.4 Å². The van der Waals surface area contributed by atoms with E-state index < -0.39 is 10.8 Å². The molecule has 0 radical (unpaired) electrons. The molecule has 124 valence electrons. The largest absolute Gasteiger partial charge is 0.459 e. The van der Waals surface area contributed by atoms with Gasteiger partial charge in [0.15, 0.2) is 10.6 Å². The van der Waals surface area contributed by atoms with Crippen LogP contribution in [0.25, 0.3) is 10.2 Å². The van der Waals surface area contributed by atoms with Crippen LogP contribution >= 0.6 is 23.1 Å². The predicted molar refractivity (Wildman–Crippen MR) is 93.5 cm³/mol. The quantitative estimate of drug-likeness (QED) is 0.512. The van der Waals surface area contributed by atoms with E-state index in [0.717, 1.165) is 16.0 Å². The lowest BCUT2D eigenvalue weighted by Crippen LogP contribution is -2.18. The molecular formula is C15H13N3O4S2. The van der Waals surface area contributed by atoms with E-state index in [-0.39, 0.29) is 11.4 Å². The Kier molecular flexibility index (Phi) is 4.81. The fourth-order valence-corrected chi connectivity index (χ4v) is 3.65. The topological polar surface area (TPSA) is 90.6 Å². The van der Waals surface area contributed by atoms with Crippen molar-refractivity contribution in [2.45, 2.75) is 6.54 Å². The number of carbonyl (C=O) groups excluding carboxylic acids is 1. The average molecular weight is 363 g/mol. The number of amides is 1. The van der Waals surface area contributed by atoms with Gasteiger partial charge >= 0.3 is 5.91 Å². The molecule has 2 aromatic heterocycles. The number of hydrogen-bond acceptors (Lipinski definition) is 6. The molecular weight excluding hydrogens is 350 g/mol. The van der Waals surface area contributed by atoms with Crippen molar-refractivity contribution in [3.05, 3.63) is 57.3 Å². The monoisotopic (exact) mass is 363 g/mol. The molecule has 0 saturated carbocycles. The lowest BCUT2D eigenvalue weighted by atomic mass is 10.3. The number of nitrogens with zero attached hydrogens (tertiary/aromatic N) is 3. The molecule has 3 rings (SSSR count). The maximum Gasteiger partial charge on any atom is 0.315 e. The molecule has 1 amide bonds. The van der Waals surface area contributed by atoms with Crippen LogP contribution in [0.2, 0.25) is 0 Å². The molecule has 2 heterocycles. The molecule has 0 fully saturated rings. The van der Waals surface area contributed by atoms with Gasteiger partial charge in [-0.25, -0.2) is 0 Å². The highest BCUT2D eigenvalue weighted by molar-refractivity contribution is 7.98. The lowest BCUT2D eigenvalue weighted by molar-refractivity contribution is -0.384. The summed E-state index contributed by atoms with van der Waals surface area (Å²) in [6.07, 6.45) is 3.41. The number of aryl methyl sites for hydroxylation is 1. The standard InChI is InChI=1S/C15H13N3O4S2/c1-23-8-6-17-11-5-4-10(18(20)21)9-13(11)24-15(17)16-14(19)12-3-2-7-22-12/h2-5,7,9H,6,8H2,1H3. The van der Waals surface area contributed by atoms with Crippen LogP contribution in [0.5, 0.6) is 0 Å². The van der Waals surface area contributed by atoms with Gasteiger partial charge in [0.2, 0.25) is 0 Å². The normalized spacial score (nSPS) is 12.0. The summed E-state index contributed by atoms with van der Waals surface area (Å²) in [4.78, 5) is 27.3. The number of hydrogen-bond donors (Lipinski definition) is 0. The number of thiazole rings is 1. The minimum atomic E-state index is -0.473. The van der Waals surface area contributed by atoms with Crippen LogP contribution in [0.3, 0.4) is 0 Å². The second-order valence-corrected chi connectivity index (χ2v) is 6.83. The molecule has 3 aromatic rings. The maximum atomic E-state index is 12.2.